The number of benzene rings is 1. The smallest absolute Gasteiger partial charge is 0.165 e. The summed E-state index contributed by atoms with van der Waals surface area (Å²) in [6, 6.07) is 10.4. The minimum absolute atomic E-state index is 0.158. The molecule has 1 aromatic carbocycles. The fraction of sp³-hybridized carbons (Fsp3) is 0.611. The Bertz CT molecular complexity index is 448. The number of rotatable bonds is 5. The molecule has 2 heteroatoms. The molecular weight excluding hydrogens is 248 g/mol. The highest BCUT2D eigenvalue weighted by Crippen LogP contribution is 2.49. The Hall–Kier alpha value is -1.15. The number of hydrogen-bond donors (Lipinski definition) is 0. The molecule has 0 aromatic heterocycles. The van der Waals surface area contributed by atoms with Crippen LogP contribution in [0.4, 0.5) is 0 Å². The molecule has 0 heterocycles. The monoisotopic (exact) mass is 272 g/mol. The Labute approximate surface area is 121 Å². The standard InChI is InChI=1S/C18H24O2/c1-20-18(14-10-6-3-7-11-14)17(19)16-12-15(16)13-8-4-2-5-9-13/h2,4-5,8-9,14-16,18H,3,6-7,10-12H2,1H3. The molecule has 2 nitrogen and oxygen atoms in total. The maximum absolute atomic E-state index is 12.7. The first-order chi connectivity index (χ1) is 9.81. The molecule has 0 amide bonds. The van der Waals surface area contributed by atoms with Crippen molar-refractivity contribution in [2.45, 2.75) is 50.5 Å². The highest BCUT2D eigenvalue weighted by Gasteiger charge is 2.47. The number of carbonyl (C=O) groups is 1. The minimum Gasteiger partial charge on any atom is -0.373 e. The van der Waals surface area contributed by atoms with Crippen molar-refractivity contribution >= 4 is 5.78 Å². The Balaban J connectivity index is 1.64. The maximum Gasteiger partial charge on any atom is 0.165 e. The van der Waals surface area contributed by atoms with Crippen LogP contribution in [-0.4, -0.2) is 19.0 Å². The lowest BCUT2D eigenvalue weighted by atomic mass is 9.82. The van der Waals surface area contributed by atoms with Gasteiger partial charge < -0.3 is 4.74 Å². The van der Waals surface area contributed by atoms with Crippen LogP contribution in [-0.2, 0) is 9.53 Å². The van der Waals surface area contributed by atoms with Gasteiger partial charge >= 0.3 is 0 Å². The van der Waals surface area contributed by atoms with Gasteiger partial charge in [0.05, 0.1) is 0 Å². The molecular formula is C18H24O2. The summed E-state index contributed by atoms with van der Waals surface area (Å²) in [5.74, 6) is 1.45. The van der Waals surface area contributed by atoms with Crippen LogP contribution in [0.3, 0.4) is 0 Å². The molecule has 108 valence electrons. The first-order valence-corrected chi connectivity index (χ1v) is 7.92. The third kappa shape index (κ3) is 2.80. The largest absolute Gasteiger partial charge is 0.373 e. The van der Waals surface area contributed by atoms with Gasteiger partial charge in [-0.3, -0.25) is 4.79 Å². The predicted octanol–water partition coefficient (Wildman–Crippen LogP) is 3.95. The quantitative estimate of drug-likeness (QED) is 0.811. The van der Waals surface area contributed by atoms with Gasteiger partial charge in [-0.15, -0.1) is 0 Å². The lowest BCUT2D eigenvalue weighted by Gasteiger charge is -2.28. The summed E-state index contributed by atoms with van der Waals surface area (Å²) in [5, 5.41) is 0. The predicted molar refractivity (Wildman–Crippen MR) is 79.7 cm³/mol. The third-order valence-corrected chi connectivity index (χ3v) is 5.00. The van der Waals surface area contributed by atoms with Gasteiger partial charge in [-0.1, -0.05) is 49.6 Å². The summed E-state index contributed by atoms with van der Waals surface area (Å²) in [7, 11) is 1.71. The van der Waals surface area contributed by atoms with Crippen molar-refractivity contribution in [1.82, 2.24) is 0 Å². The second-order valence-electron chi connectivity index (χ2n) is 6.32. The van der Waals surface area contributed by atoms with Crippen molar-refractivity contribution in [3.8, 4) is 0 Å². The molecule has 20 heavy (non-hydrogen) atoms. The topological polar surface area (TPSA) is 26.3 Å². The van der Waals surface area contributed by atoms with E-state index in [0.717, 1.165) is 19.3 Å². The van der Waals surface area contributed by atoms with Gasteiger partial charge in [0.25, 0.3) is 0 Å². The molecule has 0 N–H and O–H groups in total. The number of Topliss-reactive ketones (excluding diaryl/α,β-unsaturated/α-hetero) is 1. The van der Waals surface area contributed by atoms with E-state index in [1.807, 2.05) is 6.07 Å². The lowest BCUT2D eigenvalue weighted by Crippen LogP contribution is -2.34. The van der Waals surface area contributed by atoms with E-state index in [4.69, 9.17) is 4.74 Å². The van der Waals surface area contributed by atoms with Crippen molar-refractivity contribution in [3.05, 3.63) is 35.9 Å². The molecule has 1 aromatic rings. The van der Waals surface area contributed by atoms with Crippen molar-refractivity contribution in [1.29, 1.82) is 0 Å². The zero-order chi connectivity index (χ0) is 13.9. The van der Waals surface area contributed by atoms with Crippen molar-refractivity contribution < 1.29 is 9.53 Å². The van der Waals surface area contributed by atoms with Crippen LogP contribution >= 0.6 is 0 Å². The SMILES string of the molecule is COC(C(=O)C1CC1c1ccccc1)C1CCCCC1. The van der Waals surface area contributed by atoms with Crippen LogP contribution in [0.25, 0.3) is 0 Å². The first-order valence-electron chi connectivity index (χ1n) is 7.92. The van der Waals surface area contributed by atoms with Crippen LogP contribution in [0.2, 0.25) is 0 Å². The fourth-order valence-electron chi connectivity index (χ4n) is 3.77. The normalized spacial score (nSPS) is 28.1. The molecule has 0 bridgehead atoms. The van der Waals surface area contributed by atoms with Crippen LogP contribution in [0, 0.1) is 11.8 Å². The van der Waals surface area contributed by atoms with Crippen LogP contribution in [0.15, 0.2) is 30.3 Å². The zero-order valence-corrected chi connectivity index (χ0v) is 12.3. The first kappa shape index (κ1) is 13.8. The summed E-state index contributed by atoms with van der Waals surface area (Å²) in [6.45, 7) is 0. The average Bonchev–Trinajstić information content (AvgIpc) is 3.30. The van der Waals surface area contributed by atoms with E-state index in [1.165, 1.54) is 24.8 Å². The highest BCUT2D eigenvalue weighted by atomic mass is 16.5. The lowest BCUT2D eigenvalue weighted by molar-refractivity contribution is -0.134. The van der Waals surface area contributed by atoms with Crippen LogP contribution in [0.1, 0.15) is 50.0 Å². The molecule has 0 aliphatic heterocycles. The van der Waals surface area contributed by atoms with Crippen molar-refractivity contribution in [2.75, 3.05) is 7.11 Å². The zero-order valence-electron chi connectivity index (χ0n) is 12.3. The fourth-order valence-corrected chi connectivity index (χ4v) is 3.77. The van der Waals surface area contributed by atoms with Crippen molar-refractivity contribution in [2.24, 2.45) is 11.8 Å². The molecule has 2 aliphatic rings. The van der Waals surface area contributed by atoms with E-state index < -0.39 is 0 Å². The van der Waals surface area contributed by atoms with Gasteiger partial charge in [0.15, 0.2) is 5.78 Å². The summed E-state index contributed by atoms with van der Waals surface area (Å²) in [6.07, 6.45) is 7.00. The van der Waals surface area contributed by atoms with Crippen LogP contribution < -0.4 is 0 Å². The Morgan fingerprint density at radius 3 is 2.50 bits per heavy atom. The van der Waals surface area contributed by atoms with E-state index in [0.29, 0.717) is 17.6 Å². The second-order valence-corrected chi connectivity index (χ2v) is 6.32. The number of carbonyl (C=O) groups excluding carboxylic acids is 1. The summed E-state index contributed by atoms with van der Waals surface area (Å²) in [5.41, 5.74) is 1.31. The van der Waals surface area contributed by atoms with Gasteiger partial charge in [-0.25, -0.2) is 0 Å². The third-order valence-electron chi connectivity index (χ3n) is 5.00. The number of methoxy groups -OCH3 is 1. The summed E-state index contributed by atoms with van der Waals surface area (Å²) < 4.78 is 5.59. The average molecular weight is 272 g/mol. The maximum atomic E-state index is 12.7. The van der Waals surface area contributed by atoms with Crippen molar-refractivity contribution in [3.63, 3.8) is 0 Å². The van der Waals surface area contributed by atoms with Crippen LogP contribution in [0.5, 0.6) is 0 Å². The van der Waals surface area contributed by atoms with Gasteiger partial charge in [0.1, 0.15) is 6.10 Å². The summed E-state index contributed by atoms with van der Waals surface area (Å²) >= 11 is 0. The molecule has 0 saturated heterocycles. The number of ether oxygens (including phenoxy) is 1. The molecule has 0 spiro atoms. The van der Waals surface area contributed by atoms with E-state index in [2.05, 4.69) is 24.3 Å². The van der Waals surface area contributed by atoms with Gasteiger partial charge in [0, 0.05) is 13.0 Å². The highest BCUT2D eigenvalue weighted by molar-refractivity contribution is 5.89. The molecule has 2 aliphatic carbocycles. The summed E-state index contributed by atoms with van der Waals surface area (Å²) in [4.78, 5) is 12.7. The molecule has 2 fully saturated rings. The number of hydrogen-bond acceptors (Lipinski definition) is 2. The van der Waals surface area contributed by atoms with Gasteiger partial charge in [-0.2, -0.15) is 0 Å². The number of ketones is 1. The molecule has 3 atom stereocenters. The molecule has 3 rings (SSSR count). The Kier molecular flexibility index (Phi) is 4.21. The van der Waals surface area contributed by atoms with E-state index in [-0.39, 0.29) is 12.0 Å². The van der Waals surface area contributed by atoms with E-state index in [1.54, 1.807) is 7.11 Å². The molecule has 0 radical (unpaired) electrons. The molecule has 3 unspecified atom stereocenters. The Morgan fingerprint density at radius 2 is 1.85 bits per heavy atom. The van der Waals surface area contributed by atoms with E-state index >= 15 is 0 Å². The van der Waals surface area contributed by atoms with Gasteiger partial charge in [-0.05, 0) is 36.7 Å². The minimum atomic E-state index is -0.158. The Morgan fingerprint density at radius 1 is 1.15 bits per heavy atom. The second kappa shape index (κ2) is 6.09. The van der Waals surface area contributed by atoms with Gasteiger partial charge in [0.2, 0.25) is 0 Å². The molecule has 2 saturated carbocycles. The van der Waals surface area contributed by atoms with E-state index in [9.17, 15) is 4.79 Å².